The summed E-state index contributed by atoms with van der Waals surface area (Å²) in [6, 6.07) is 14.1. The molecule has 0 saturated carbocycles. The van der Waals surface area contributed by atoms with Gasteiger partial charge in [0.2, 0.25) is 5.91 Å². The second-order valence-electron chi connectivity index (χ2n) is 4.36. The molecule has 1 amide bonds. The zero-order chi connectivity index (χ0) is 14.5. The molecule has 0 spiro atoms. The summed E-state index contributed by atoms with van der Waals surface area (Å²) in [6.45, 7) is 0.152. The third-order valence-corrected chi connectivity index (χ3v) is 3.28. The molecule has 0 atom stereocenters. The van der Waals surface area contributed by atoms with Gasteiger partial charge in [0, 0.05) is 17.2 Å². The number of nitrogens with one attached hydrogen (secondary N) is 1. The molecular weight excluding hydrogens is 323 g/mol. The summed E-state index contributed by atoms with van der Waals surface area (Å²) in [5.74, 6) is -0.729. The zero-order valence-electron chi connectivity index (χ0n) is 10.9. The fraction of sp³-hybridized carbons (Fsp3) is 0.133. The zero-order valence-corrected chi connectivity index (χ0v) is 12.5. The van der Waals surface area contributed by atoms with E-state index in [1.165, 1.54) is 12.1 Å². The first-order chi connectivity index (χ1) is 9.56. The monoisotopic (exact) mass is 336 g/mol. The Morgan fingerprint density at radius 3 is 2.60 bits per heavy atom. The summed E-state index contributed by atoms with van der Waals surface area (Å²) in [7, 11) is 1.81. The summed E-state index contributed by atoms with van der Waals surface area (Å²) >= 11 is 3.17. The van der Waals surface area contributed by atoms with Crippen molar-refractivity contribution in [3.8, 4) is 0 Å². The number of likely N-dealkylation sites (N-methyl/N-ethyl adjacent to an activating group) is 1. The molecule has 3 nitrogen and oxygen atoms in total. The standard InChI is InChI=1S/C15H14BrFN2O/c1-19(12-5-3-2-4-6-12)10-15(20)18-14-8-7-11(16)9-13(14)17/h2-9H,10H2,1H3,(H,18,20). The van der Waals surface area contributed by atoms with Crippen LogP contribution in [0.2, 0.25) is 0 Å². The molecule has 2 rings (SSSR count). The molecule has 2 aromatic carbocycles. The summed E-state index contributed by atoms with van der Waals surface area (Å²) < 4.78 is 14.2. The van der Waals surface area contributed by atoms with Crippen LogP contribution in [0.1, 0.15) is 0 Å². The second kappa shape index (κ2) is 6.52. The van der Waals surface area contributed by atoms with Gasteiger partial charge in [-0.15, -0.1) is 0 Å². The van der Waals surface area contributed by atoms with Crippen molar-refractivity contribution in [2.24, 2.45) is 0 Å². The van der Waals surface area contributed by atoms with E-state index in [-0.39, 0.29) is 18.1 Å². The molecule has 0 aliphatic carbocycles. The lowest BCUT2D eigenvalue weighted by Gasteiger charge is -2.18. The van der Waals surface area contributed by atoms with Gasteiger partial charge in [-0.3, -0.25) is 4.79 Å². The van der Waals surface area contributed by atoms with Crippen molar-refractivity contribution in [2.45, 2.75) is 0 Å². The third-order valence-electron chi connectivity index (χ3n) is 2.78. The Labute approximate surface area is 125 Å². The van der Waals surface area contributed by atoms with Crippen LogP contribution in [0.3, 0.4) is 0 Å². The minimum Gasteiger partial charge on any atom is -0.365 e. The van der Waals surface area contributed by atoms with E-state index in [1.54, 1.807) is 11.0 Å². The van der Waals surface area contributed by atoms with Gasteiger partial charge in [0.25, 0.3) is 0 Å². The van der Waals surface area contributed by atoms with Gasteiger partial charge in [-0.2, -0.15) is 0 Å². The molecule has 0 bridgehead atoms. The Morgan fingerprint density at radius 2 is 1.95 bits per heavy atom. The van der Waals surface area contributed by atoms with Crippen LogP contribution in [0, 0.1) is 5.82 Å². The van der Waals surface area contributed by atoms with Crippen molar-refractivity contribution < 1.29 is 9.18 Å². The van der Waals surface area contributed by atoms with E-state index < -0.39 is 5.82 Å². The largest absolute Gasteiger partial charge is 0.365 e. The molecule has 1 N–H and O–H groups in total. The molecule has 20 heavy (non-hydrogen) atoms. The molecule has 0 radical (unpaired) electrons. The molecule has 0 aliphatic rings. The number of amides is 1. The first-order valence-electron chi connectivity index (χ1n) is 6.07. The van der Waals surface area contributed by atoms with E-state index >= 15 is 0 Å². The van der Waals surface area contributed by atoms with Gasteiger partial charge in [-0.05, 0) is 30.3 Å². The highest BCUT2D eigenvalue weighted by Gasteiger charge is 2.10. The van der Waals surface area contributed by atoms with Gasteiger partial charge < -0.3 is 10.2 Å². The molecule has 0 unspecified atom stereocenters. The predicted octanol–water partition coefficient (Wildman–Crippen LogP) is 3.66. The number of rotatable bonds is 4. The van der Waals surface area contributed by atoms with Crippen molar-refractivity contribution in [2.75, 3.05) is 23.8 Å². The number of carbonyl (C=O) groups is 1. The van der Waals surface area contributed by atoms with Crippen molar-refractivity contribution in [3.05, 3.63) is 58.8 Å². The number of anilines is 2. The Hall–Kier alpha value is -1.88. The highest BCUT2D eigenvalue weighted by molar-refractivity contribution is 9.10. The Morgan fingerprint density at radius 1 is 1.25 bits per heavy atom. The molecule has 5 heteroatoms. The fourth-order valence-corrected chi connectivity index (χ4v) is 2.10. The van der Waals surface area contributed by atoms with Gasteiger partial charge in [-0.25, -0.2) is 4.39 Å². The lowest BCUT2D eigenvalue weighted by Crippen LogP contribution is -2.30. The molecule has 104 valence electrons. The van der Waals surface area contributed by atoms with Gasteiger partial charge in [0.05, 0.1) is 12.2 Å². The number of para-hydroxylation sites is 1. The number of benzene rings is 2. The smallest absolute Gasteiger partial charge is 0.243 e. The third kappa shape index (κ3) is 3.81. The molecule has 0 aliphatic heterocycles. The highest BCUT2D eigenvalue weighted by atomic mass is 79.9. The maximum atomic E-state index is 13.6. The Balaban J connectivity index is 1.99. The number of hydrogen-bond donors (Lipinski definition) is 1. The fourth-order valence-electron chi connectivity index (χ4n) is 1.77. The molecule has 0 aromatic heterocycles. The maximum Gasteiger partial charge on any atom is 0.243 e. The SMILES string of the molecule is CN(CC(=O)Nc1ccc(Br)cc1F)c1ccccc1. The average Bonchev–Trinajstić information content (AvgIpc) is 2.43. The van der Waals surface area contributed by atoms with Gasteiger partial charge >= 0.3 is 0 Å². The average molecular weight is 337 g/mol. The van der Waals surface area contributed by atoms with Gasteiger partial charge in [0.1, 0.15) is 5.82 Å². The van der Waals surface area contributed by atoms with Gasteiger partial charge in [-0.1, -0.05) is 34.1 Å². The van der Waals surface area contributed by atoms with E-state index in [4.69, 9.17) is 0 Å². The Kier molecular flexibility index (Phi) is 4.74. The summed E-state index contributed by atoms with van der Waals surface area (Å²) in [5.41, 5.74) is 1.11. The summed E-state index contributed by atoms with van der Waals surface area (Å²) in [6.07, 6.45) is 0. The van der Waals surface area contributed by atoms with Crippen molar-refractivity contribution in [3.63, 3.8) is 0 Å². The van der Waals surface area contributed by atoms with Crippen LogP contribution in [-0.4, -0.2) is 19.5 Å². The Bertz CT molecular complexity index is 604. The highest BCUT2D eigenvalue weighted by Crippen LogP contribution is 2.19. The first kappa shape index (κ1) is 14.5. The lowest BCUT2D eigenvalue weighted by atomic mass is 10.3. The van der Waals surface area contributed by atoms with Gasteiger partial charge in [0.15, 0.2) is 0 Å². The number of carbonyl (C=O) groups excluding carboxylic acids is 1. The minimum atomic E-state index is -0.463. The van der Waals surface area contributed by atoms with Crippen molar-refractivity contribution in [1.82, 2.24) is 0 Å². The van der Waals surface area contributed by atoms with E-state index in [2.05, 4.69) is 21.2 Å². The minimum absolute atomic E-state index is 0.152. The number of hydrogen-bond acceptors (Lipinski definition) is 2. The van der Waals surface area contributed by atoms with Crippen LogP contribution in [0.4, 0.5) is 15.8 Å². The van der Waals surface area contributed by atoms with Crippen LogP contribution in [-0.2, 0) is 4.79 Å². The quantitative estimate of drug-likeness (QED) is 0.923. The summed E-state index contributed by atoms with van der Waals surface area (Å²) in [4.78, 5) is 13.7. The van der Waals surface area contributed by atoms with Crippen molar-refractivity contribution in [1.29, 1.82) is 0 Å². The predicted molar refractivity (Wildman–Crippen MR) is 82.4 cm³/mol. The molecule has 0 fully saturated rings. The maximum absolute atomic E-state index is 13.6. The first-order valence-corrected chi connectivity index (χ1v) is 6.86. The van der Waals surface area contributed by atoms with Crippen LogP contribution in [0.15, 0.2) is 53.0 Å². The molecule has 2 aromatic rings. The van der Waals surface area contributed by atoms with E-state index in [9.17, 15) is 9.18 Å². The summed E-state index contributed by atoms with van der Waals surface area (Å²) in [5, 5.41) is 2.56. The van der Waals surface area contributed by atoms with E-state index in [0.717, 1.165) is 5.69 Å². The number of halogens is 2. The number of nitrogens with zero attached hydrogens (tertiary/aromatic N) is 1. The second-order valence-corrected chi connectivity index (χ2v) is 5.28. The molecule has 0 saturated heterocycles. The van der Waals surface area contributed by atoms with Crippen LogP contribution in [0.25, 0.3) is 0 Å². The van der Waals surface area contributed by atoms with Crippen LogP contribution < -0.4 is 10.2 Å². The topological polar surface area (TPSA) is 32.3 Å². The molecule has 0 heterocycles. The normalized spacial score (nSPS) is 10.2. The molecular formula is C15H14BrFN2O. The van der Waals surface area contributed by atoms with Crippen molar-refractivity contribution >= 4 is 33.2 Å². The lowest BCUT2D eigenvalue weighted by molar-refractivity contribution is -0.114. The van der Waals surface area contributed by atoms with Crippen LogP contribution >= 0.6 is 15.9 Å². The van der Waals surface area contributed by atoms with E-state index in [1.807, 2.05) is 37.4 Å². The van der Waals surface area contributed by atoms with E-state index in [0.29, 0.717) is 4.47 Å². The van der Waals surface area contributed by atoms with Crippen LogP contribution in [0.5, 0.6) is 0 Å².